The van der Waals surface area contributed by atoms with E-state index in [9.17, 15) is 9.59 Å². The van der Waals surface area contributed by atoms with Gasteiger partial charge in [-0.3, -0.25) is 10.1 Å². The predicted molar refractivity (Wildman–Crippen MR) is 78.5 cm³/mol. The van der Waals surface area contributed by atoms with Crippen molar-refractivity contribution >= 4 is 17.7 Å². The number of benzene rings is 1. The van der Waals surface area contributed by atoms with Gasteiger partial charge in [0.1, 0.15) is 0 Å². The van der Waals surface area contributed by atoms with Crippen LogP contribution in [0.4, 0.5) is 10.5 Å². The summed E-state index contributed by atoms with van der Waals surface area (Å²) in [6.45, 7) is 7.22. The van der Waals surface area contributed by atoms with E-state index < -0.39 is 6.09 Å². The number of ether oxygens (including phenoxy) is 1. The third kappa shape index (κ3) is 4.12. The van der Waals surface area contributed by atoms with Crippen LogP contribution in [0.2, 0.25) is 0 Å². The normalized spacial score (nSPS) is 11.4. The SMILES string of the molecule is COC(=O)N/C(C)=C(/C)C(=O)Nc1ccc(C)cc1C. The highest BCUT2D eigenvalue weighted by atomic mass is 16.5. The minimum Gasteiger partial charge on any atom is -0.453 e. The molecule has 20 heavy (non-hydrogen) atoms. The molecule has 0 spiro atoms. The van der Waals surface area contributed by atoms with Gasteiger partial charge in [-0.15, -0.1) is 0 Å². The van der Waals surface area contributed by atoms with E-state index in [0.29, 0.717) is 11.3 Å². The smallest absolute Gasteiger partial charge is 0.411 e. The van der Waals surface area contributed by atoms with Crippen LogP contribution in [0.1, 0.15) is 25.0 Å². The largest absolute Gasteiger partial charge is 0.453 e. The maximum Gasteiger partial charge on any atom is 0.411 e. The van der Waals surface area contributed by atoms with E-state index in [-0.39, 0.29) is 5.91 Å². The van der Waals surface area contributed by atoms with E-state index in [1.807, 2.05) is 32.0 Å². The van der Waals surface area contributed by atoms with E-state index in [1.54, 1.807) is 13.8 Å². The number of aryl methyl sites for hydroxylation is 2. The Morgan fingerprint density at radius 2 is 1.80 bits per heavy atom. The fourth-order valence-corrected chi connectivity index (χ4v) is 1.64. The van der Waals surface area contributed by atoms with Gasteiger partial charge in [0.25, 0.3) is 5.91 Å². The molecule has 1 aromatic rings. The van der Waals surface area contributed by atoms with Crippen LogP contribution in [-0.4, -0.2) is 19.1 Å². The number of rotatable bonds is 3. The highest BCUT2D eigenvalue weighted by Gasteiger charge is 2.11. The van der Waals surface area contributed by atoms with E-state index in [2.05, 4.69) is 15.4 Å². The zero-order valence-corrected chi connectivity index (χ0v) is 12.5. The summed E-state index contributed by atoms with van der Waals surface area (Å²) in [5.74, 6) is -0.258. The minimum absolute atomic E-state index is 0.258. The van der Waals surface area contributed by atoms with Crippen molar-refractivity contribution in [2.75, 3.05) is 12.4 Å². The molecule has 0 saturated carbocycles. The first-order chi connectivity index (χ1) is 9.35. The molecule has 0 saturated heterocycles. The molecule has 0 heterocycles. The summed E-state index contributed by atoms with van der Waals surface area (Å²) in [4.78, 5) is 23.2. The Morgan fingerprint density at radius 3 is 2.35 bits per heavy atom. The van der Waals surface area contributed by atoms with Gasteiger partial charge in [-0.05, 0) is 39.3 Å². The van der Waals surface area contributed by atoms with Gasteiger partial charge in [-0.2, -0.15) is 0 Å². The Hall–Kier alpha value is -2.30. The summed E-state index contributed by atoms with van der Waals surface area (Å²) in [6, 6.07) is 5.79. The van der Waals surface area contributed by atoms with Crippen molar-refractivity contribution in [3.05, 3.63) is 40.6 Å². The van der Waals surface area contributed by atoms with E-state index in [0.717, 1.165) is 16.8 Å². The van der Waals surface area contributed by atoms with Gasteiger partial charge in [-0.25, -0.2) is 4.79 Å². The summed E-state index contributed by atoms with van der Waals surface area (Å²) >= 11 is 0. The van der Waals surface area contributed by atoms with Gasteiger partial charge in [0.05, 0.1) is 7.11 Å². The van der Waals surface area contributed by atoms with E-state index in [4.69, 9.17) is 0 Å². The number of nitrogens with one attached hydrogen (secondary N) is 2. The van der Waals surface area contributed by atoms with Crippen LogP contribution < -0.4 is 10.6 Å². The lowest BCUT2D eigenvalue weighted by Gasteiger charge is -2.12. The van der Waals surface area contributed by atoms with Crippen LogP contribution in [-0.2, 0) is 9.53 Å². The molecule has 0 unspecified atom stereocenters. The Labute approximate surface area is 119 Å². The number of hydrogen-bond acceptors (Lipinski definition) is 3. The van der Waals surface area contributed by atoms with E-state index in [1.165, 1.54) is 7.11 Å². The second kappa shape index (κ2) is 6.75. The second-order valence-corrected chi connectivity index (χ2v) is 4.64. The van der Waals surface area contributed by atoms with Crippen LogP contribution in [0.5, 0.6) is 0 Å². The summed E-state index contributed by atoms with van der Waals surface area (Å²) < 4.78 is 4.49. The maximum atomic E-state index is 12.1. The lowest BCUT2D eigenvalue weighted by atomic mass is 10.1. The Bertz CT molecular complexity index is 562. The van der Waals surface area contributed by atoms with Crippen LogP contribution in [0.25, 0.3) is 0 Å². The number of carbonyl (C=O) groups is 2. The molecule has 1 rings (SSSR count). The average molecular weight is 276 g/mol. The molecule has 0 aliphatic rings. The molecular formula is C15H20N2O3. The first-order valence-corrected chi connectivity index (χ1v) is 6.26. The third-order valence-electron chi connectivity index (χ3n) is 3.01. The zero-order chi connectivity index (χ0) is 15.3. The van der Waals surface area contributed by atoms with Crippen LogP contribution in [0.15, 0.2) is 29.5 Å². The van der Waals surface area contributed by atoms with Gasteiger partial charge < -0.3 is 10.1 Å². The molecule has 0 radical (unpaired) electrons. The molecule has 5 nitrogen and oxygen atoms in total. The highest BCUT2D eigenvalue weighted by Crippen LogP contribution is 2.17. The van der Waals surface area contributed by atoms with Crippen molar-refractivity contribution in [3.63, 3.8) is 0 Å². The lowest BCUT2D eigenvalue weighted by Crippen LogP contribution is -2.25. The molecule has 0 aliphatic heterocycles. The molecule has 1 aromatic carbocycles. The van der Waals surface area contributed by atoms with Gasteiger partial charge in [0.2, 0.25) is 0 Å². The van der Waals surface area contributed by atoms with Crippen LogP contribution in [0, 0.1) is 13.8 Å². The highest BCUT2D eigenvalue weighted by molar-refractivity contribution is 6.04. The molecule has 108 valence electrons. The number of anilines is 1. The summed E-state index contributed by atoms with van der Waals surface area (Å²) in [5.41, 5.74) is 3.77. The van der Waals surface area contributed by atoms with Crippen molar-refractivity contribution < 1.29 is 14.3 Å². The number of carbonyl (C=O) groups excluding carboxylic acids is 2. The molecule has 0 bridgehead atoms. The molecule has 0 aromatic heterocycles. The molecular weight excluding hydrogens is 256 g/mol. The van der Waals surface area contributed by atoms with Crippen LogP contribution >= 0.6 is 0 Å². The topological polar surface area (TPSA) is 67.4 Å². The molecule has 2 amide bonds. The number of methoxy groups -OCH3 is 1. The van der Waals surface area contributed by atoms with Crippen molar-refractivity contribution in [1.82, 2.24) is 5.32 Å². The predicted octanol–water partition coefficient (Wildman–Crippen LogP) is 2.89. The first-order valence-electron chi connectivity index (χ1n) is 6.26. The third-order valence-corrected chi connectivity index (χ3v) is 3.01. The standard InChI is InChI=1S/C15H20N2O3/c1-9-6-7-13(10(2)8-9)17-14(18)11(3)12(4)16-15(19)20-5/h6-8H,1-5H3,(H,16,19)(H,17,18)/b12-11-. The Kier molecular flexibility index (Phi) is 5.32. The Morgan fingerprint density at radius 1 is 1.15 bits per heavy atom. The maximum absolute atomic E-state index is 12.1. The van der Waals surface area contributed by atoms with Crippen molar-refractivity contribution in [2.45, 2.75) is 27.7 Å². The zero-order valence-electron chi connectivity index (χ0n) is 12.5. The fraction of sp³-hybridized carbons (Fsp3) is 0.333. The van der Waals surface area contributed by atoms with Crippen molar-refractivity contribution in [3.8, 4) is 0 Å². The number of hydrogen-bond donors (Lipinski definition) is 2. The average Bonchev–Trinajstić information content (AvgIpc) is 2.40. The number of amides is 2. The molecule has 0 fully saturated rings. The van der Waals surface area contributed by atoms with Gasteiger partial charge in [0, 0.05) is 17.0 Å². The van der Waals surface area contributed by atoms with Gasteiger partial charge in [-0.1, -0.05) is 17.7 Å². The first kappa shape index (κ1) is 15.8. The minimum atomic E-state index is -0.596. The summed E-state index contributed by atoms with van der Waals surface area (Å²) in [6.07, 6.45) is -0.596. The summed E-state index contributed by atoms with van der Waals surface area (Å²) in [7, 11) is 1.27. The van der Waals surface area contributed by atoms with Gasteiger partial charge >= 0.3 is 6.09 Å². The van der Waals surface area contributed by atoms with Gasteiger partial charge in [0.15, 0.2) is 0 Å². The molecule has 2 N–H and O–H groups in total. The molecule has 0 atom stereocenters. The van der Waals surface area contributed by atoms with Crippen molar-refractivity contribution in [2.24, 2.45) is 0 Å². The van der Waals surface area contributed by atoms with Crippen molar-refractivity contribution in [1.29, 1.82) is 0 Å². The fourth-order valence-electron chi connectivity index (χ4n) is 1.64. The Balaban J connectivity index is 2.84. The second-order valence-electron chi connectivity index (χ2n) is 4.64. The van der Waals surface area contributed by atoms with Crippen LogP contribution in [0.3, 0.4) is 0 Å². The van der Waals surface area contributed by atoms with E-state index >= 15 is 0 Å². The molecule has 0 aliphatic carbocycles. The monoisotopic (exact) mass is 276 g/mol. The number of allylic oxidation sites excluding steroid dienone is 1. The molecule has 5 heteroatoms. The quantitative estimate of drug-likeness (QED) is 0.834. The lowest BCUT2D eigenvalue weighted by molar-refractivity contribution is -0.112. The summed E-state index contributed by atoms with van der Waals surface area (Å²) in [5, 5.41) is 5.30. The number of alkyl carbamates (subject to hydrolysis) is 1.